The van der Waals surface area contributed by atoms with Crippen LogP contribution in [0.1, 0.15) is 110 Å². The first-order valence-corrected chi connectivity index (χ1v) is 13.8. The first-order chi connectivity index (χ1) is 15.4. The minimum Gasteiger partial charge on any atom is -0.0844 e. The van der Waals surface area contributed by atoms with Gasteiger partial charge in [0.05, 0.1) is 0 Å². The summed E-state index contributed by atoms with van der Waals surface area (Å²) in [5.74, 6) is 4.04. The smallest absolute Gasteiger partial charge is 0.0233 e. The van der Waals surface area contributed by atoms with Crippen LogP contribution in [0.5, 0.6) is 0 Å². The van der Waals surface area contributed by atoms with Crippen molar-refractivity contribution in [1.82, 2.24) is 0 Å². The lowest BCUT2D eigenvalue weighted by Crippen LogP contribution is -2.09. The molecule has 180 valence electrons. The van der Waals surface area contributed by atoms with Crippen LogP contribution in [0.3, 0.4) is 0 Å². The lowest BCUT2D eigenvalue weighted by atomic mass is 9.85. The van der Waals surface area contributed by atoms with Crippen LogP contribution in [0.4, 0.5) is 0 Å². The topological polar surface area (TPSA) is 0 Å². The Labute approximate surface area is 201 Å². The quantitative estimate of drug-likeness (QED) is 0.226. The maximum atomic E-state index is 2.47. The fourth-order valence-corrected chi connectivity index (χ4v) is 5.51. The van der Waals surface area contributed by atoms with E-state index in [0.717, 1.165) is 23.7 Å². The van der Waals surface area contributed by atoms with Crippen LogP contribution < -0.4 is 0 Å². The maximum Gasteiger partial charge on any atom is -0.0233 e. The molecule has 0 nitrogen and oxygen atoms in total. The van der Waals surface area contributed by atoms with E-state index in [1.807, 2.05) is 0 Å². The Morgan fingerprint density at radius 2 is 1.66 bits per heavy atom. The zero-order valence-corrected chi connectivity index (χ0v) is 22.2. The van der Waals surface area contributed by atoms with Crippen molar-refractivity contribution >= 4 is 0 Å². The Bertz CT molecular complexity index is 692. The molecule has 1 fully saturated rings. The van der Waals surface area contributed by atoms with Gasteiger partial charge < -0.3 is 0 Å². The van der Waals surface area contributed by atoms with E-state index in [9.17, 15) is 0 Å². The van der Waals surface area contributed by atoms with E-state index in [0.29, 0.717) is 5.92 Å². The van der Waals surface area contributed by atoms with E-state index in [4.69, 9.17) is 0 Å². The van der Waals surface area contributed by atoms with Crippen LogP contribution in [0.25, 0.3) is 0 Å². The lowest BCUT2D eigenvalue weighted by molar-refractivity contribution is 0.337. The minimum atomic E-state index is 0.672. The molecule has 4 atom stereocenters. The highest BCUT2D eigenvalue weighted by Crippen LogP contribution is 2.34. The molecule has 0 N–H and O–H groups in total. The molecule has 1 saturated carbocycles. The van der Waals surface area contributed by atoms with Gasteiger partial charge in [0.2, 0.25) is 0 Å². The molecule has 0 aliphatic heterocycles. The molecule has 1 aromatic rings. The number of hydrogen-bond acceptors (Lipinski definition) is 0. The van der Waals surface area contributed by atoms with E-state index in [1.54, 1.807) is 11.1 Å². The van der Waals surface area contributed by atoms with Crippen molar-refractivity contribution in [2.75, 3.05) is 0 Å². The fourth-order valence-electron chi connectivity index (χ4n) is 5.51. The number of aryl methyl sites for hydroxylation is 1. The number of benzene rings is 1. The van der Waals surface area contributed by atoms with Gasteiger partial charge in [0.25, 0.3) is 0 Å². The summed E-state index contributed by atoms with van der Waals surface area (Å²) in [6, 6.07) is 9.22. The summed E-state index contributed by atoms with van der Waals surface area (Å²) in [5.41, 5.74) is 4.72. The molecule has 0 heteroatoms. The second-order valence-corrected chi connectivity index (χ2v) is 11.2. The lowest BCUT2D eigenvalue weighted by Gasteiger charge is -2.21. The summed E-state index contributed by atoms with van der Waals surface area (Å²) in [5, 5.41) is 0. The Hall–Kier alpha value is -1.30. The largest absolute Gasteiger partial charge is 0.0844 e. The van der Waals surface area contributed by atoms with E-state index in [1.165, 1.54) is 76.2 Å². The molecule has 0 radical (unpaired) electrons. The predicted octanol–water partition coefficient (Wildman–Crippen LogP) is 9.98. The van der Waals surface area contributed by atoms with Gasteiger partial charge in [-0.15, -0.1) is 0 Å². The third kappa shape index (κ3) is 9.68. The Kier molecular flexibility index (Phi) is 12.4. The zero-order chi connectivity index (χ0) is 23.3. The van der Waals surface area contributed by atoms with E-state index in [2.05, 4.69) is 84.0 Å². The first kappa shape index (κ1) is 26.9. The molecule has 0 saturated heterocycles. The van der Waals surface area contributed by atoms with Crippen molar-refractivity contribution in [3.05, 3.63) is 59.2 Å². The molecule has 32 heavy (non-hydrogen) atoms. The minimum absolute atomic E-state index is 0.672. The monoisotopic (exact) mass is 436 g/mol. The van der Waals surface area contributed by atoms with E-state index in [-0.39, 0.29) is 0 Å². The van der Waals surface area contributed by atoms with Gasteiger partial charge in [0, 0.05) is 0 Å². The van der Waals surface area contributed by atoms with Gasteiger partial charge in [0.15, 0.2) is 0 Å². The summed E-state index contributed by atoms with van der Waals surface area (Å²) in [6.45, 7) is 14.0. The summed E-state index contributed by atoms with van der Waals surface area (Å²) in [7, 11) is 0. The average Bonchev–Trinajstić information content (AvgIpc) is 3.01. The second kappa shape index (κ2) is 14.8. The summed E-state index contributed by atoms with van der Waals surface area (Å²) < 4.78 is 0. The van der Waals surface area contributed by atoms with Crippen molar-refractivity contribution in [2.24, 2.45) is 29.6 Å². The molecule has 0 bridgehead atoms. The normalized spacial score (nSPS) is 22.3. The predicted molar refractivity (Wildman–Crippen MR) is 144 cm³/mol. The van der Waals surface area contributed by atoms with Crippen LogP contribution in [-0.2, 0) is 12.8 Å². The van der Waals surface area contributed by atoms with Gasteiger partial charge in [-0.1, -0.05) is 121 Å². The van der Waals surface area contributed by atoms with E-state index < -0.39 is 0 Å². The van der Waals surface area contributed by atoms with Crippen molar-refractivity contribution in [1.29, 1.82) is 0 Å². The van der Waals surface area contributed by atoms with Gasteiger partial charge in [-0.05, 0) is 79.7 Å². The van der Waals surface area contributed by atoms with Crippen LogP contribution in [-0.4, -0.2) is 0 Å². The van der Waals surface area contributed by atoms with Crippen molar-refractivity contribution < 1.29 is 0 Å². The van der Waals surface area contributed by atoms with Crippen LogP contribution in [0, 0.1) is 29.6 Å². The van der Waals surface area contributed by atoms with Crippen LogP contribution in [0.2, 0.25) is 0 Å². The summed E-state index contributed by atoms with van der Waals surface area (Å²) in [6.07, 6.45) is 22.2. The van der Waals surface area contributed by atoms with Crippen LogP contribution in [0.15, 0.2) is 48.1 Å². The summed E-state index contributed by atoms with van der Waals surface area (Å²) >= 11 is 0. The number of allylic oxidation sites excluding steroid dienone is 4. The Balaban J connectivity index is 1.78. The third-order valence-corrected chi connectivity index (χ3v) is 7.91. The van der Waals surface area contributed by atoms with Gasteiger partial charge in [-0.25, -0.2) is 0 Å². The fraction of sp³-hybridized carbons (Fsp3) is 0.688. The van der Waals surface area contributed by atoms with Crippen molar-refractivity contribution in [2.45, 2.75) is 112 Å². The Morgan fingerprint density at radius 1 is 0.969 bits per heavy atom. The highest BCUT2D eigenvalue weighted by Gasteiger charge is 2.21. The standard InChI is InChI=1S/C32H52/c1-7-12-31-15-9-10-16-32(31)24-30-14-11-13-29(21-22-30)20-18-27(6)26(5)17-19-28(8-2)23-25(3)4/h8-10,15-17,19,25-27,29-30H,7,11-14,18,20-24H2,1-6H3. The molecule has 0 heterocycles. The zero-order valence-electron chi connectivity index (χ0n) is 22.2. The molecule has 1 aliphatic rings. The average molecular weight is 437 g/mol. The molecule has 2 rings (SSSR count). The molecule has 1 aliphatic carbocycles. The number of hydrogen-bond donors (Lipinski definition) is 0. The van der Waals surface area contributed by atoms with Crippen molar-refractivity contribution in [3.63, 3.8) is 0 Å². The molecular weight excluding hydrogens is 384 g/mol. The van der Waals surface area contributed by atoms with Gasteiger partial charge >= 0.3 is 0 Å². The third-order valence-electron chi connectivity index (χ3n) is 7.91. The van der Waals surface area contributed by atoms with E-state index >= 15 is 0 Å². The molecule has 0 spiro atoms. The van der Waals surface area contributed by atoms with Crippen molar-refractivity contribution in [3.8, 4) is 0 Å². The Morgan fingerprint density at radius 3 is 2.34 bits per heavy atom. The number of rotatable bonds is 12. The molecule has 0 aromatic heterocycles. The SMILES string of the molecule is CC=C(C=CC(C)C(C)CCC1CCCC(Cc2ccccc2CCC)CC1)CC(C)C. The van der Waals surface area contributed by atoms with Gasteiger partial charge in [0.1, 0.15) is 0 Å². The molecular formula is C32H52. The van der Waals surface area contributed by atoms with Crippen LogP contribution >= 0.6 is 0 Å². The maximum absolute atomic E-state index is 2.47. The molecule has 0 amide bonds. The highest BCUT2D eigenvalue weighted by molar-refractivity contribution is 5.27. The molecule has 1 aromatic carbocycles. The molecule has 4 unspecified atom stereocenters. The van der Waals surface area contributed by atoms with Gasteiger partial charge in [-0.3, -0.25) is 0 Å². The summed E-state index contributed by atoms with van der Waals surface area (Å²) in [4.78, 5) is 0. The second-order valence-electron chi connectivity index (χ2n) is 11.2. The first-order valence-electron chi connectivity index (χ1n) is 13.8. The van der Waals surface area contributed by atoms with Gasteiger partial charge in [-0.2, -0.15) is 0 Å². The highest BCUT2D eigenvalue weighted by atomic mass is 14.3.